The third-order valence-corrected chi connectivity index (χ3v) is 4.37. The van der Waals surface area contributed by atoms with Crippen LogP contribution in [0.3, 0.4) is 0 Å². The van der Waals surface area contributed by atoms with Crippen molar-refractivity contribution in [2.45, 2.75) is 37.9 Å². The highest BCUT2D eigenvalue weighted by molar-refractivity contribution is 5.97. The Morgan fingerprint density at radius 2 is 1.69 bits per heavy atom. The number of anilines is 1. The van der Waals surface area contributed by atoms with E-state index in [0.29, 0.717) is 24.5 Å². The molecule has 4 N–H and O–H groups in total. The van der Waals surface area contributed by atoms with Gasteiger partial charge in [0.1, 0.15) is 11.3 Å². The summed E-state index contributed by atoms with van der Waals surface area (Å²) in [5, 5.41) is 11.7. The summed E-state index contributed by atoms with van der Waals surface area (Å²) in [5.74, 6) is 0.145. The average Bonchev–Trinajstić information content (AvgIpc) is 2.68. The molecule has 2 aromatic carbocycles. The average molecular weight is 410 g/mol. The van der Waals surface area contributed by atoms with Crippen LogP contribution in [0.25, 0.3) is 0 Å². The normalized spacial score (nSPS) is 13.6. The van der Waals surface area contributed by atoms with Crippen LogP contribution in [0.15, 0.2) is 48.5 Å². The number of hydrogen-bond acceptors (Lipinski definition) is 4. The number of ether oxygens (including phenoxy) is 1. The minimum atomic E-state index is -4.31. The highest BCUT2D eigenvalue weighted by Gasteiger charge is 2.30. The fraction of sp³-hybridized carbons (Fsp3) is 0.381. The molecule has 1 atom stereocenters. The van der Waals surface area contributed by atoms with E-state index in [1.807, 2.05) is 0 Å². The van der Waals surface area contributed by atoms with Crippen molar-refractivity contribution in [3.63, 3.8) is 0 Å². The summed E-state index contributed by atoms with van der Waals surface area (Å²) in [7, 11) is 0. The van der Waals surface area contributed by atoms with Crippen LogP contribution < -0.4 is 15.8 Å². The van der Waals surface area contributed by atoms with Gasteiger partial charge in [-0.15, -0.1) is 0 Å². The number of carbonyl (C=O) groups excluding carboxylic acids is 1. The van der Waals surface area contributed by atoms with Crippen LogP contribution in [-0.2, 0) is 17.4 Å². The SMILES string of the molecule is CC(N)(CO)C(=O)Nc1ccc(OCCCCc2ccc(C(F)(F)F)cc2)cc1. The number of benzene rings is 2. The molecule has 158 valence electrons. The number of nitrogens with one attached hydrogen (secondary N) is 1. The van der Waals surface area contributed by atoms with Crippen LogP contribution in [0.5, 0.6) is 5.75 Å². The molecule has 0 aromatic heterocycles. The lowest BCUT2D eigenvalue weighted by Crippen LogP contribution is -2.51. The van der Waals surface area contributed by atoms with Gasteiger partial charge < -0.3 is 20.9 Å². The van der Waals surface area contributed by atoms with Gasteiger partial charge in [0.2, 0.25) is 5.91 Å². The summed E-state index contributed by atoms with van der Waals surface area (Å²) >= 11 is 0. The molecule has 29 heavy (non-hydrogen) atoms. The summed E-state index contributed by atoms with van der Waals surface area (Å²) in [5.41, 5.74) is 5.05. The molecule has 0 radical (unpaired) electrons. The topological polar surface area (TPSA) is 84.6 Å². The molecule has 0 spiro atoms. The summed E-state index contributed by atoms with van der Waals surface area (Å²) in [6.07, 6.45) is -2.10. The zero-order valence-electron chi connectivity index (χ0n) is 16.1. The van der Waals surface area contributed by atoms with Gasteiger partial charge in [-0.3, -0.25) is 4.79 Å². The van der Waals surface area contributed by atoms with E-state index in [9.17, 15) is 18.0 Å². The maximum absolute atomic E-state index is 12.5. The Labute approximate surface area is 167 Å². The highest BCUT2D eigenvalue weighted by atomic mass is 19.4. The van der Waals surface area contributed by atoms with Gasteiger partial charge in [0.25, 0.3) is 0 Å². The number of nitrogens with two attached hydrogens (primary N) is 1. The van der Waals surface area contributed by atoms with Crippen LogP contribution in [-0.4, -0.2) is 29.8 Å². The number of aryl methyl sites for hydroxylation is 1. The third kappa shape index (κ3) is 7.07. The monoisotopic (exact) mass is 410 g/mol. The second kappa shape index (κ2) is 9.76. The number of aliphatic hydroxyl groups excluding tert-OH is 1. The quantitative estimate of drug-likeness (QED) is 0.550. The molecule has 0 saturated heterocycles. The van der Waals surface area contributed by atoms with Gasteiger partial charge in [-0.25, -0.2) is 0 Å². The Morgan fingerprint density at radius 3 is 2.24 bits per heavy atom. The van der Waals surface area contributed by atoms with Crippen LogP contribution in [0.2, 0.25) is 0 Å². The number of alkyl halides is 3. The second-order valence-electron chi connectivity index (χ2n) is 7.05. The third-order valence-electron chi connectivity index (χ3n) is 4.37. The molecular weight excluding hydrogens is 385 g/mol. The standard InChI is InChI=1S/C21H25F3N2O3/c1-20(25,14-27)19(28)26-17-9-11-18(12-10-17)29-13-3-2-4-15-5-7-16(8-6-15)21(22,23)24/h5-12,27H,2-4,13-14,25H2,1H3,(H,26,28). The molecule has 0 heterocycles. The Morgan fingerprint density at radius 1 is 1.07 bits per heavy atom. The maximum atomic E-state index is 12.5. The Balaban J connectivity index is 1.71. The summed E-state index contributed by atoms with van der Waals surface area (Å²) < 4.78 is 43.2. The van der Waals surface area contributed by atoms with Crippen molar-refractivity contribution in [1.82, 2.24) is 0 Å². The number of amides is 1. The van der Waals surface area contributed by atoms with Crippen molar-refractivity contribution < 1.29 is 27.8 Å². The van der Waals surface area contributed by atoms with Crippen molar-refractivity contribution in [1.29, 1.82) is 0 Å². The van der Waals surface area contributed by atoms with Gasteiger partial charge in [0.05, 0.1) is 18.8 Å². The minimum absolute atomic E-state index is 0.466. The molecule has 0 aliphatic heterocycles. The van der Waals surface area contributed by atoms with Crippen molar-refractivity contribution in [3.05, 3.63) is 59.7 Å². The molecule has 0 bridgehead atoms. The summed E-state index contributed by atoms with van der Waals surface area (Å²) in [6.45, 7) is 1.44. The number of halogens is 3. The molecule has 0 saturated carbocycles. The summed E-state index contributed by atoms with van der Waals surface area (Å²) in [6, 6.07) is 11.9. The maximum Gasteiger partial charge on any atom is 0.416 e. The largest absolute Gasteiger partial charge is 0.494 e. The molecule has 0 aliphatic rings. The zero-order chi connectivity index (χ0) is 21.5. The van der Waals surface area contributed by atoms with Gasteiger partial charge >= 0.3 is 6.18 Å². The van der Waals surface area contributed by atoms with E-state index < -0.39 is 29.8 Å². The Kier molecular flexibility index (Phi) is 7.64. The predicted molar refractivity (Wildman–Crippen MR) is 105 cm³/mol. The zero-order valence-corrected chi connectivity index (χ0v) is 16.1. The lowest BCUT2D eigenvalue weighted by molar-refractivity contribution is -0.137. The van der Waals surface area contributed by atoms with E-state index in [-0.39, 0.29) is 0 Å². The van der Waals surface area contributed by atoms with Crippen molar-refractivity contribution in [2.24, 2.45) is 5.73 Å². The number of aliphatic hydroxyl groups is 1. The molecule has 5 nitrogen and oxygen atoms in total. The number of unbranched alkanes of at least 4 members (excludes halogenated alkanes) is 1. The first kappa shape index (κ1) is 22.7. The van der Waals surface area contributed by atoms with Crippen LogP contribution in [0.1, 0.15) is 30.9 Å². The van der Waals surface area contributed by atoms with Crippen LogP contribution >= 0.6 is 0 Å². The van der Waals surface area contributed by atoms with Crippen LogP contribution in [0, 0.1) is 0 Å². The second-order valence-corrected chi connectivity index (χ2v) is 7.05. The first-order valence-electron chi connectivity index (χ1n) is 9.22. The van der Waals surface area contributed by atoms with E-state index in [1.165, 1.54) is 19.1 Å². The number of rotatable bonds is 9. The van der Waals surface area contributed by atoms with E-state index >= 15 is 0 Å². The van der Waals surface area contributed by atoms with E-state index in [4.69, 9.17) is 15.6 Å². The number of hydrogen-bond donors (Lipinski definition) is 3. The van der Waals surface area contributed by atoms with Crippen molar-refractivity contribution in [2.75, 3.05) is 18.5 Å². The van der Waals surface area contributed by atoms with Gasteiger partial charge in [0, 0.05) is 5.69 Å². The van der Waals surface area contributed by atoms with Crippen molar-refractivity contribution >= 4 is 11.6 Å². The number of carbonyl (C=O) groups is 1. The highest BCUT2D eigenvalue weighted by Crippen LogP contribution is 2.29. The lowest BCUT2D eigenvalue weighted by Gasteiger charge is -2.20. The fourth-order valence-electron chi connectivity index (χ4n) is 2.46. The van der Waals surface area contributed by atoms with E-state index in [2.05, 4.69) is 5.32 Å². The van der Waals surface area contributed by atoms with E-state index in [0.717, 1.165) is 30.5 Å². The molecule has 0 fully saturated rings. The summed E-state index contributed by atoms with van der Waals surface area (Å²) in [4.78, 5) is 11.9. The first-order valence-corrected chi connectivity index (χ1v) is 9.22. The molecule has 2 aromatic rings. The van der Waals surface area contributed by atoms with Gasteiger partial charge in [-0.2, -0.15) is 13.2 Å². The van der Waals surface area contributed by atoms with Gasteiger partial charge in [0.15, 0.2) is 0 Å². The molecule has 8 heteroatoms. The van der Waals surface area contributed by atoms with Crippen molar-refractivity contribution in [3.8, 4) is 5.75 Å². The fourth-order valence-corrected chi connectivity index (χ4v) is 2.46. The smallest absolute Gasteiger partial charge is 0.416 e. The lowest BCUT2D eigenvalue weighted by atomic mass is 10.0. The molecule has 2 rings (SSSR count). The first-order chi connectivity index (χ1) is 13.6. The molecule has 1 amide bonds. The Bertz CT molecular complexity index is 788. The molecular formula is C21H25F3N2O3. The van der Waals surface area contributed by atoms with Gasteiger partial charge in [-0.1, -0.05) is 12.1 Å². The predicted octanol–water partition coefficient (Wildman–Crippen LogP) is 3.76. The Hall–Kier alpha value is -2.58. The minimum Gasteiger partial charge on any atom is -0.494 e. The molecule has 1 unspecified atom stereocenters. The molecule has 0 aliphatic carbocycles. The van der Waals surface area contributed by atoms with Gasteiger partial charge in [-0.05, 0) is 68.1 Å². The van der Waals surface area contributed by atoms with Crippen LogP contribution in [0.4, 0.5) is 18.9 Å². The van der Waals surface area contributed by atoms with E-state index in [1.54, 1.807) is 24.3 Å².